The molecular formula is C18H15N3O5S2. The number of benzene rings is 1. The number of rotatable bonds is 7. The van der Waals surface area contributed by atoms with Crippen molar-refractivity contribution in [3.05, 3.63) is 73.0 Å². The summed E-state index contributed by atoms with van der Waals surface area (Å²) in [5.41, 5.74) is 2.24. The normalized spacial score (nSPS) is 10.5. The molecule has 28 heavy (non-hydrogen) atoms. The smallest absolute Gasteiger partial charge is 0.348 e. The van der Waals surface area contributed by atoms with Gasteiger partial charge < -0.3 is 10.1 Å². The number of nitrogens with zero attached hydrogens (tertiary/aromatic N) is 2. The summed E-state index contributed by atoms with van der Waals surface area (Å²) in [6, 6.07) is 10.1. The van der Waals surface area contributed by atoms with E-state index in [1.165, 1.54) is 23.5 Å². The van der Waals surface area contributed by atoms with E-state index in [-0.39, 0.29) is 28.8 Å². The molecule has 0 saturated heterocycles. The Morgan fingerprint density at radius 3 is 2.75 bits per heavy atom. The van der Waals surface area contributed by atoms with Crippen molar-refractivity contribution in [1.82, 2.24) is 4.98 Å². The van der Waals surface area contributed by atoms with Gasteiger partial charge in [0, 0.05) is 17.1 Å². The van der Waals surface area contributed by atoms with Crippen LogP contribution in [0.4, 0.5) is 10.7 Å². The number of ether oxygens (including phenoxy) is 1. The quantitative estimate of drug-likeness (QED) is 0.354. The fourth-order valence-electron chi connectivity index (χ4n) is 2.29. The van der Waals surface area contributed by atoms with Crippen LogP contribution in [0.5, 0.6) is 0 Å². The Morgan fingerprint density at radius 1 is 1.25 bits per heavy atom. The molecule has 0 fully saturated rings. The summed E-state index contributed by atoms with van der Waals surface area (Å²) in [5, 5.41) is 15.7. The molecular weight excluding hydrogens is 402 g/mol. The van der Waals surface area contributed by atoms with Crippen LogP contribution < -0.4 is 5.32 Å². The van der Waals surface area contributed by atoms with Gasteiger partial charge in [0.15, 0.2) is 0 Å². The van der Waals surface area contributed by atoms with Gasteiger partial charge in [-0.1, -0.05) is 29.5 Å². The van der Waals surface area contributed by atoms with Gasteiger partial charge >= 0.3 is 11.0 Å². The summed E-state index contributed by atoms with van der Waals surface area (Å²) in [5.74, 6) is -0.831. The zero-order valence-electron chi connectivity index (χ0n) is 14.7. The number of anilines is 1. The van der Waals surface area contributed by atoms with Gasteiger partial charge in [-0.3, -0.25) is 14.9 Å². The lowest BCUT2D eigenvalue weighted by Gasteiger charge is -2.06. The van der Waals surface area contributed by atoms with E-state index in [2.05, 4.69) is 10.3 Å². The molecule has 0 aliphatic carbocycles. The van der Waals surface area contributed by atoms with Gasteiger partial charge in [-0.15, -0.1) is 11.3 Å². The number of hydrogen-bond acceptors (Lipinski definition) is 8. The number of aromatic nitrogens is 1. The first-order valence-electron chi connectivity index (χ1n) is 8.12. The number of carbonyl (C=O) groups excluding carboxylic acids is 2. The highest BCUT2D eigenvalue weighted by Crippen LogP contribution is 2.25. The second-order valence-corrected chi connectivity index (χ2v) is 7.75. The molecule has 144 valence electrons. The molecule has 1 aromatic carbocycles. The number of amides is 1. The summed E-state index contributed by atoms with van der Waals surface area (Å²) in [7, 11) is 0. The van der Waals surface area contributed by atoms with Crippen LogP contribution in [-0.4, -0.2) is 21.8 Å². The summed E-state index contributed by atoms with van der Waals surface area (Å²) in [4.78, 5) is 38.7. The van der Waals surface area contributed by atoms with E-state index in [9.17, 15) is 19.7 Å². The highest BCUT2D eigenvalue weighted by Gasteiger charge is 2.17. The Morgan fingerprint density at radius 2 is 2.04 bits per heavy atom. The predicted molar refractivity (Wildman–Crippen MR) is 106 cm³/mol. The molecule has 0 spiro atoms. The number of hydrogen-bond donors (Lipinski definition) is 1. The zero-order valence-corrected chi connectivity index (χ0v) is 16.3. The fraction of sp³-hybridized carbons (Fsp3) is 0.167. The molecule has 0 bridgehead atoms. The van der Waals surface area contributed by atoms with Gasteiger partial charge in [0.2, 0.25) is 5.91 Å². The number of para-hydroxylation sites is 1. The molecule has 0 unspecified atom stereocenters. The topological polar surface area (TPSA) is 111 Å². The number of nitrogens with one attached hydrogen (secondary N) is 1. The minimum Gasteiger partial charge on any atom is -0.455 e. The highest BCUT2D eigenvalue weighted by atomic mass is 32.1. The van der Waals surface area contributed by atoms with Crippen LogP contribution in [0.25, 0.3) is 0 Å². The van der Waals surface area contributed by atoms with Crippen LogP contribution in [0, 0.1) is 17.0 Å². The van der Waals surface area contributed by atoms with Crippen LogP contribution in [0.15, 0.2) is 41.8 Å². The van der Waals surface area contributed by atoms with E-state index >= 15 is 0 Å². The van der Waals surface area contributed by atoms with E-state index in [0.29, 0.717) is 10.7 Å². The van der Waals surface area contributed by atoms with Crippen molar-refractivity contribution < 1.29 is 19.2 Å². The average Bonchev–Trinajstić information content (AvgIpc) is 3.31. The van der Waals surface area contributed by atoms with Gasteiger partial charge in [0.05, 0.1) is 17.0 Å². The Hall–Kier alpha value is -3.11. The maximum Gasteiger partial charge on any atom is 0.348 e. The van der Waals surface area contributed by atoms with Crippen LogP contribution in [0.2, 0.25) is 0 Å². The predicted octanol–water partition coefficient (Wildman–Crippen LogP) is 3.96. The number of aryl methyl sites for hydroxylation is 1. The van der Waals surface area contributed by atoms with Crippen LogP contribution >= 0.6 is 22.7 Å². The summed E-state index contributed by atoms with van der Waals surface area (Å²) >= 11 is 2.05. The Labute approximate surface area is 168 Å². The maximum atomic E-state index is 12.2. The first kappa shape index (κ1) is 19.6. The van der Waals surface area contributed by atoms with Crippen molar-refractivity contribution in [2.24, 2.45) is 0 Å². The highest BCUT2D eigenvalue weighted by molar-refractivity contribution is 7.17. The molecule has 1 N–H and O–H groups in total. The fourth-order valence-corrected chi connectivity index (χ4v) is 3.78. The number of thiazole rings is 1. The number of esters is 1. The molecule has 0 radical (unpaired) electrons. The minimum atomic E-state index is -0.648. The van der Waals surface area contributed by atoms with Crippen molar-refractivity contribution in [2.45, 2.75) is 20.0 Å². The monoisotopic (exact) mass is 417 g/mol. The third-order valence-corrected chi connectivity index (χ3v) is 5.57. The Balaban J connectivity index is 1.52. The standard InChI is InChI=1S/C18H15N3O5S2/c1-11-4-2-3-5-13(11)20-15(22)8-16-19-12(10-27-16)9-26-18(23)14-6-7-17(28-14)21(24)25/h2-7,10H,8-9H2,1H3,(H,20,22). The van der Waals surface area contributed by atoms with Gasteiger partial charge in [-0.2, -0.15) is 0 Å². The van der Waals surface area contributed by atoms with Crippen molar-refractivity contribution in [3.63, 3.8) is 0 Å². The molecule has 0 saturated carbocycles. The van der Waals surface area contributed by atoms with Crippen molar-refractivity contribution >= 4 is 45.2 Å². The summed E-state index contributed by atoms with van der Waals surface area (Å²) in [6.45, 7) is 1.84. The number of thiophene rings is 1. The first-order valence-corrected chi connectivity index (χ1v) is 9.82. The molecule has 3 aromatic rings. The summed E-state index contributed by atoms with van der Waals surface area (Å²) < 4.78 is 5.13. The summed E-state index contributed by atoms with van der Waals surface area (Å²) in [6.07, 6.45) is 0.115. The molecule has 8 nitrogen and oxygen atoms in total. The van der Waals surface area contributed by atoms with E-state index in [1.54, 1.807) is 5.38 Å². The Kier molecular flexibility index (Phi) is 6.12. The van der Waals surface area contributed by atoms with Gasteiger partial charge in [-0.25, -0.2) is 9.78 Å². The SMILES string of the molecule is Cc1ccccc1NC(=O)Cc1nc(COC(=O)c2ccc([N+](=O)[O-])s2)cs1. The number of carbonyl (C=O) groups is 2. The van der Waals surface area contributed by atoms with E-state index in [0.717, 1.165) is 22.6 Å². The molecule has 0 aliphatic rings. The van der Waals surface area contributed by atoms with Crippen LogP contribution in [0.3, 0.4) is 0 Å². The second kappa shape index (κ2) is 8.72. The number of nitro groups is 1. The second-order valence-electron chi connectivity index (χ2n) is 5.74. The van der Waals surface area contributed by atoms with E-state index in [4.69, 9.17) is 4.74 Å². The molecule has 2 aromatic heterocycles. The van der Waals surface area contributed by atoms with Crippen LogP contribution in [0.1, 0.15) is 25.9 Å². The van der Waals surface area contributed by atoms with Gasteiger partial charge in [0.1, 0.15) is 16.5 Å². The molecule has 10 heteroatoms. The maximum absolute atomic E-state index is 12.2. The average molecular weight is 417 g/mol. The first-order chi connectivity index (χ1) is 13.4. The lowest BCUT2D eigenvalue weighted by molar-refractivity contribution is -0.380. The van der Waals surface area contributed by atoms with E-state index in [1.807, 2.05) is 31.2 Å². The third kappa shape index (κ3) is 4.99. The van der Waals surface area contributed by atoms with Crippen molar-refractivity contribution in [2.75, 3.05) is 5.32 Å². The van der Waals surface area contributed by atoms with Crippen molar-refractivity contribution in [3.8, 4) is 0 Å². The van der Waals surface area contributed by atoms with Crippen LogP contribution in [-0.2, 0) is 22.6 Å². The molecule has 3 rings (SSSR count). The molecule has 1 amide bonds. The lowest BCUT2D eigenvalue weighted by Crippen LogP contribution is -2.15. The van der Waals surface area contributed by atoms with E-state index < -0.39 is 10.9 Å². The minimum absolute atomic E-state index is 0.0690. The molecule has 0 aliphatic heterocycles. The van der Waals surface area contributed by atoms with Crippen molar-refractivity contribution in [1.29, 1.82) is 0 Å². The molecule has 2 heterocycles. The Bertz CT molecular complexity index is 1030. The third-order valence-electron chi connectivity index (χ3n) is 3.65. The zero-order chi connectivity index (χ0) is 20.1. The largest absolute Gasteiger partial charge is 0.455 e. The lowest BCUT2D eigenvalue weighted by atomic mass is 10.2. The molecule has 0 atom stereocenters. The van der Waals surface area contributed by atoms with Gasteiger partial charge in [-0.05, 0) is 24.6 Å². The van der Waals surface area contributed by atoms with Gasteiger partial charge in [0.25, 0.3) is 0 Å².